The van der Waals surface area contributed by atoms with Crippen molar-refractivity contribution < 1.29 is 4.39 Å². The Bertz CT molecular complexity index is 1460. The third kappa shape index (κ3) is 3.74. The summed E-state index contributed by atoms with van der Waals surface area (Å²) in [5, 5.41) is 12.0. The van der Waals surface area contributed by atoms with Crippen molar-refractivity contribution in [2.75, 3.05) is 0 Å². The molecule has 0 saturated heterocycles. The molecule has 156 valence electrons. The first-order chi connectivity index (χ1) is 15.0. The molecule has 0 amide bonds. The number of thioether (sulfide) groups is 1. The largest absolute Gasteiger partial charge is 0.273 e. The van der Waals surface area contributed by atoms with Gasteiger partial charge in [-0.15, -0.1) is 21.5 Å². The lowest BCUT2D eigenvalue weighted by atomic mass is 10.2. The molecule has 0 bridgehead atoms. The molecule has 5 rings (SSSR count). The van der Waals surface area contributed by atoms with E-state index in [1.165, 1.54) is 29.2 Å². The molecule has 3 aromatic heterocycles. The van der Waals surface area contributed by atoms with Crippen LogP contribution < -0.4 is 5.56 Å². The van der Waals surface area contributed by atoms with Gasteiger partial charge in [0.05, 0.1) is 12.1 Å². The van der Waals surface area contributed by atoms with Crippen molar-refractivity contribution in [1.82, 2.24) is 19.2 Å². The summed E-state index contributed by atoms with van der Waals surface area (Å²) in [6.45, 7) is 0.329. The van der Waals surface area contributed by atoms with Gasteiger partial charge in [-0.3, -0.25) is 13.8 Å². The highest BCUT2D eigenvalue weighted by molar-refractivity contribution is 7.98. The van der Waals surface area contributed by atoms with E-state index in [0.29, 0.717) is 37.8 Å². The van der Waals surface area contributed by atoms with Gasteiger partial charge in [0, 0.05) is 21.4 Å². The van der Waals surface area contributed by atoms with Gasteiger partial charge in [0.2, 0.25) is 5.78 Å². The molecule has 5 nitrogen and oxygen atoms in total. The van der Waals surface area contributed by atoms with Crippen molar-refractivity contribution in [3.05, 3.63) is 91.3 Å². The molecule has 31 heavy (non-hydrogen) atoms. The first kappa shape index (κ1) is 20.5. The number of hydrogen-bond acceptors (Lipinski definition) is 5. The lowest BCUT2D eigenvalue weighted by Gasteiger charge is -2.10. The third-order valence-corrected chi connectivity index (χ3v) is 7.30. The van der Waals surface area contributed by atoms with E-state index < -0.39 is 0 Å². The number of aromatic nitrogens is 4. The predicted octanol–water partition coefficient (Wildman–Crippen LogP) is 5.89. The van der Waals surface area contributed by atoms with E-state index >= 15 is 0 Å². The zero-order chi connectivity index (χ0) is 21.5. The van der Waals surface area contributed by atoms with E-state index in [0.717, 1.165) is 11.1 Å². The highest BCUT2D eigenvalue weighted by Crippen LogP contribution is 2.30. The second kappa shape index (κ2) is 8.27. The fraction of sp³-hybridized carbons (Fsp3) is 0.0952. The SMILES string of the molecule is O=c1c2sccc2n2c(SCc3c(F)cccc3Cl)nnc2n1Cc1ccc(Cl)cc1. The van der Waals surface area contributed by atoms with Crippen LogP contribution in [-0.2, 0) is 12.3 Å². The molecule has 3 heterocycles. The van der Waals surface area contributed by atoms with Crippen LogP contribution >= 0.6 is 46.3 Å². The van der Waals surface area contributed by atoms with Crippen LogP contribution in [0.1, 0.15) is 11.1 Å². The van der Waals surface area contributed by atoms with Crippen LogP contribution in [0.15, 0.2) is 63.9 Å². The Morgan fingerprint density at radius 3 is 2.65 bits per heavy atom. The van der Waals surface area contributed by atoms with Crippen LogP contribution in [0.5, 0.6) is 0 Å². The van der Waals surface area contributed by atoms with Gasteiger partial charge >= 0.3 is 0 Å². The van der Waals surface area contributed by atoms with Gasteiger partial charge in [-0.1, -0.05) is 53.2 Å². The molecule has 0 aliphatic rings. The second-order valence-corrected chi connectivity index (χ2v) is 9.46. The summed E-state index contributed by atoms with van der Waals surface area (Å²) in [4.78, 5) is 13.1. The van der Waals surface area contributed by atoms with E-state index in [2.05, 4.69) is 10.2 Å². The summed E-state index contributed by atoms with van der Waals surface area (Å²) in [5.74, 6) is 0.343. The van der Waals surface area contributed by atoms with Crippen molar-refractivity contribution >= 4 is 62.3 Å². The molecule has 0 saturated carbocycles. The molecule has 2 aromatic carbocycles. The van der Waals surface area contributed by atoms with Gasteiger partial charge in [0.1, 0.15) is 10.5 Å². The minimum Gasteiger partial charge on any atom is -0.271 e. The van der Waals surface area contributed by atoms with Gasteiger partial charge in [-0.25, -0.2) is 4.39 Å². The molecule has 0 radical (unpaired) electrons. The van der Waals surface area contributed by atoms with Crippen molar-refractivity contribution in [3.63, 3.8) is 0 Å². The zero-order valence-corrected chi connectivity index (χ0v) is 18.9. The monoisotopic (exact) mass is 490 g/mol. The summed E-state index contributed by atoms with van der Waals surface area (Å²) in [7, 11) is 0. The van der Waals surface area contributed by atoms with Gasteiger partial charge in [0.25, 0.3) is 5.56 Å². The fourth-order valence-corrected chi connectivity index (χ4v) is 5.55. The molecular formula is C21H13Cl2FN4OS2. The molecule has 0 N–H and O–H groups in total. The van der Waals surface area contributed by atoms with Crippen LogP contribution in [0, 0.1) is 5.82 Å². The Kier molecular flexibility index (Phi) is 5.47. The van der Waals surface area contributed by atoms with Crippen molar-refractivity contribution in [1.29, 1.82) is 0 Å². The first-order valence-electron chi connectivity index (χ1n) is 9.18. The Hall–Kier alpha value is -2.39. The van der Waals surface area contributed by atoms with E-state index in [4.69, 9.17) is 23.2 Å². The minimum absolute atomic E-state index is 0.131. The Labute approximate surface area is 194 Å². The van der Waals surface area contributed by atoms with E-state index in [-0.39, 0.29) is 17.1 Å². The Balaban J connectivity index is 1.61. The number of benzene rings is 2. The summed E-state index contributed by atoms with van der Waals surface area (Å²) in [6, 6.07) is 13.8. The maximum Gasteiger partial charge on any atom is 0.273 e. The Morgan fingerprint density at radius 1 is 1.06 bits per heavy atom. The third-order valence-electron chi connectivity index (χ3n) is 4.84. The smallest absolute Gasteiger partial charge is 0.271 e. The van der Waals surface area contributed by atoms with Crippen LogP contribution in [-0.4, -0.2) is 19.2 Å². The van der Waals surface area contributed by atoms with E-state index in [9.17, 15) is 9.18 Å². The number of fused-ring (bicyclic) bond motifs is 3. The lowest BCUT2D eigenvalue weighted by Crippen LogP contribution is -2.23. The van der Waals surface area contributed by atoms with Crippen molar-refractivity contribution in [3.8, 4) is 0 Å². The van der Waals surface area contributed by atoms with Crippen LogP contribution in [0.4, 0.5) is 4.39 Å². The minimum atomic E-state index is -0.367. The fourth-order valence-electron chi connectivity index (χ4n) is 3.32. The molecule has 10 heteroatoms. The zero-order valence-electron chi connectivity index (χ0n) is 15.8. The molecule has 0 unspecified atom stereocenters. The molecule has 0 aliphatic carbocycles. The summed E-state index contributed by atoms with van der Waals surface area (Å²) in [5.41, 5.74) is 1.92. The second-order valence-electron chi connectivity index (χ2n) is 6.76. The molecule has 0 aliphatic heterocycles. The van der Waals surface area contributed by atoms with Gasteiger partial charge in [0.15, 0.2) is 5.16 Å². The van der Waals surface area contributed by atoms with Gasteiger partial charge in [-0.05, 0) is 41.3 Å². The number of hydrogen-bond donors (Lipinski definition) is 0. The summed E-state index contributed by atoms with van der Waals surface area (Å²) >= 11 is 14.8. The molecular weight excluding hydrogens is 478 g/mol. The number of rotatable bonds is 5. The van der Waals surface area contributed by atoms with Crippen LogP contribution in [0.3, 0.4) is 0 Å². The number of halogens is 3. The van der Waals surface area contributed by atoms with Crippen molar-refractivity contribution in [2.24, 2.45) is 0 Å². The van der Waals surface area contributed by atoms with E-state index in [1.807, 2.05) is 28.0 Å². The maximum absolute atomic E-state index is 14.2. The maximum atomic E-state index is 14.2. The molecule has 0 spiro atoms. The van der Waals surface area contributed by atoms with Gasteiger partial charge < -0.3 is 0 Å². The summed E-state index contributed by atoms with van der Waals surface area (Å²) in [6.07, 6.45) is 0. The van der Waals surface area contributed by atoms with Crippen molar-refractivity contribution in [2.45, 2.75) is 17.5 Å². The average Bonchev–Trinajstić information content (AvgIpc) is 3.39. The molecule has 0 fully saturated rings. The topological polar surface area (TPSA) is 52.2 Å². The predicted molar refractivity (Wildman–Crippen MR) is 124 cm³/mol. The quantitative estimate of drug-likeness (QED) is 0.288. The first-order valence-corrected chi connectivity index (χ1v) is 11.8. The van der Waals surface area contributed by atoms with E-state index in [1.54, 1.807) is 28.8 Å². The normalized spacial score (nSPS) is 11.6. The van der Waals surface area contributed by atoms with Gasteiger partial charge in [-0.2, -0.15) is 0 Å². The number of nitrogens with zero attached hydrogens (tertiary/aromatic N) is 4. The molecule has 5 aromatic rings. The highest BCUT2D eigenvalue weighted by atomic mass is 35.5. The lowest BCUT2D eigenvalue weighted by molar-refractivity contribution is 0.617. The Morgan fingerprint density at radius 2 is 1.87 bits per heavy atom. The average molecular weight is 491 g/mol. The number of thiophene rings is 1. The van der Waals surface area contributed by atoms with Crippen LogP contribution in [0.25, 0.3) is 16.0 Å². The summed E-state index contributed by atoms with van der Waals surface area (Å²) < 4.78 is 18.2. The van der Waals surface area contributed by atoms with Crippen LogP contribution in [0.2, 0.25) is 10.0 Å². The highest BCUT2D eigenvalue weighted by Gasteiger charge is 2.19. The molecule has 0 atom stereocenters. The standard InChI is InChI=1S/C21H13Cl2FN4OS2/c22-13-6-4-12(5-7-13)10-27-19(29)18-17(8-9-30-18)28-20(27)25-26-21(28)31-11-14-15(23)2-1-3-16(14)24/h1-9H,10-11H2.